The molecule has 0 amide bonds. The van der Waals surface area contributed by atoms with Crippen LogP contribution in [0.25, 0.3) is 10.8 Å². The van der Waals surface area contributed by atoms with Crippen LogP contribution in [-0.4, -0.2) is 0 Å². The monoisotopic (exact) mass is 273 g/mol. The Bertz CT molecular complexity index is 740. The summed E-state index contributed by atoms with van der Waals surface area (Å²) < 4.78 is 0. The Balaban J connectivity index is 2.20. The molecule has 0 aliphatic heterocycles. The van der Waals surface area contributed by atoms with E-state index < -0.39 is 0 Å². The zero-order valence-electron chi connectivity index (χ0n) is 12.9. The van der Waals surface area contributed by atoms with Crippen LogP contribution < -0.4 is 0 Å². The van der Waals surface area contributed by atoms with E-state index in [9.17, 15) is 0 Å². The van der Waals surface area contributed by atoms with Crippen molar-refractivity contribution in [1.29, 1.82) is 0 Å². The quantitative estimate of drug-likeness (QED) is 0.569. The summed E-state index contributed by atoms with van der Waals surface area (Å²) in [6.45, 7) is 6.77. The third-order valence-corrected chi connectivity index (χ3v) is 4.68. The smallest absolute Gasteiger partial charge is 0.0231 e. The van der Waals surface area contributed by atoms with Gasteiger partial charge in [0, 0.05) is 5.41 Å². The third kappa shape index (κ3) is 2.35. The molecule has 0 aliphatic rings. The Labute approximate surface area is 127 Å². The lowest BCUT2D eigenvalue weighted by Gasteiger charge is -2.35. The standard InChI is InChI=1S/C21H21/c1-16(2)21(3,19-11-5-4-6-12-19)20-14-13-17-9-7-8-10-18(17)15-20/h4-15H,1-3H3. The number of benzene rings is 3. The summed E-state index contributed by atoms with van der Waals surface area (Å²) in [5.41, 5.74) is 2.65. The highest BCUT2D eigenvalue weighted by atomic mass is 14.4. The first-order valence-corrected chi connectivity index (χ1v) is 7.48. The van der Waals surface area contributed by atoms with E-state index in [1.54, 1.807) is 0 Å². The zero-order valence-corrected chi connectivity index (χ0v) is 12.9. The molecule has 21 heavy (non-hydrogen) atoms. The van der Waals surface area contributed by atoms with Crippen molar-refractivity contribution in [2.45, 2.75) is 26.2 Å². The Kier molecular flexibility index (Phi) is 3.55. The van der Waals surface area contributed by atoms with E-state index in [-0.39, 0.29) is 5.41 Å². The van der Waals surface area contributed by atoms with E-state index in [0.717, 1.165) is 0 Å². The Hall–Kier alpha value is -2.08. The number of fused-ring (bicyclic) bond motifs is 1. The largest absolute Gasteiger partial charge is 0.0622 e. The SMILES string of the molecule is C[C](C)C(C)(c1ccccc1)c1ccc2ccccc2c1. The van der Waals surface area contributed by atoms with Crippen LogP contribution in [0, 0.1) is 5.92 Å². The van der Waals surface area contributed by atoms with Gasteiger partial charge in [-0.3, -0.25) is 0 Å². The molecule has 1 unspecified atom stereocenters. The summed E-state index contributed by atoms with van der Waals surface area (Å²) in [4.78, 5) is 0. The van der Waals surface area contributed by atoms with Crippen LogP contribution in [0.5, 0.6) is 0 Å². The van der Waals surface area contributed by atoms with E-state index in [1.807, 2.05) is 0 Å². The predicted molar refractivity (Wildman–Crippen MR) is 91.4 cm³/mol. The number of hydrogen-bond acceptors (Lipinski definition) is 0. The van der Waals surface area contributed by atoms with Crippen molar-refractivity contribution in [3.05, 3.63) is 89.8 Å². The molecule has 3 aromatic rings. The minimum atomic E-state index is -0.0503. The van der Waals surface area contributed by atoms with Crippen molar-refractivity contribution in [2.75, 3.05) is 0 Å². The van der Waals surface area contributed by atoms with Crippen molar-refractivity contribution in [1.82, 2.24) is 0 Å². The van der Waals surface area contributed by atoms with E-state index in [1.165, 1.54) is 27.8 Å². The van der Waals surface area contributed by atoms with Crippen LogP contribution in [0.4, 0.5) is 0 Å². The molecule has 1 radical (unpaired) electrons. The van der Waals surface area contributed by atoms with Crippen LogP contribution in [0.3, 0.4) is 0 Å². The Morgan fingerprint density at radius 1 is 0.667 bits per heavy atom. The molecule has 0 heterocycles. The van der Waals surface area contributed by atoms with Crippen LogP contribution >= 0.6 is 0 Å². The average Bonchev–Trinajstić information content (AvgIpc) is 2.54. The van der Waals surface area contributed by atoms with Gasteiger partial charge in [0.25, 0.3) is 0 Å². The van der Waals surface area contributed by atoms with Gasteiger partial charge in [-0.15, -0.1) is 0 Å². The number of rotatable bonds is 3. The molecular weight excluding hydrogens is 252 g/mol. The molecule has 3 aromatic carbocycles. The fourth-order valence-electron chi connectivity index (χ4n) is 3.02. The summed E-state index contributed by atoms with van der Waals surface area (Å²) in [5, 5.41) is 2.60. The molecule has 105 valence electrons. The highest BCUT2D eigenvalue weighted by Crippen LogP contribution is 2.40. The summed E-state index contributed by atoms with van der Waals surface area (Å²) in [5.74, 6) is 1.41. The van der Waals surface area contributed by atoms with E-state index in [2.05, 4.69) is 93.6 Å². The second-order valence-corrected chi connectivity index (χ2v) is 6.05. The maximum atomic E-state index is 2.33. The molecule has 3 rings (SSSR count). The lowest BCUT2D eigenvalue weighted by atomic mass is 9.68. The first-order valence-electron chi connectivity index (χ1n) is 7.48. The van der Waals surface area contributed by atoms with Crippen molar-refractivity contribution in [3.8, 4) is 0 Å². The van der Waals surface area contributed by atoms with Gasteiger partial charge in [-0.1, -0.05) is 93.6 Å². The van der Waals surface area contributed by atoms with Crippen LogP contribution in [0.1, 0.15) is 31.9 Å². The van der Waals surface area contributed by atoms with E-state index in [4.69, 9.17) is 0 Å². The van der Waals surface area contributed by atoms with Gasteiger partial charge >= 0.3 is 0 Å². The van der Waals surface area contributed by atoms with E-state index in [0.29, 0.717) is 0 Å². The van der Waals surface area contributed by atoms with Crippen LogP contribution in [0.2, 0.25) is 0 Å². The van der Waals surface area contributed by atoms with Crippen molar-refractivity contribution < 1.29 is 0 Å². The molecule has 0 saturated heterocycles. The van der Waals surface area contributed by atoms with Gasteiger partial charge in [-0.2, -0.15) is 0 Å². The Morgan fingerprint density at radius 2 is 1.29 bits per heavy atom. The van der Waals surface area contributed by atoms with Gasteiger partial charge in [0.05, 0.1) is 0 Å². The summed E-state index contributed by atoms with van der Waals surface area (Å²) in [6.07, 6.45) is 0. The van der Waals surface area contributed by atoms with Crippen molar-refractivity contribution in [3.63, 3.8) is 0 Å². The van der Waals surface area contributed by atoms with Crippen molar-refractivity contribution in [2.24, 2.45) is 0 Å². The summed E-state index contributed by atoms with van der Waals surface area (Å²) in [7, 11) is 0. The average molecular weight is 273 g/mol. The normalized spacial score (nSPS) is 14.3. The van der Waals surface area contributed by atoms with Crippen molar-refractivity contribution >= 4 is 10.8 Å². The second kappa shape index (κ2) is 5.37. The molecule has 1 atom stereocenters. The minimum Gasteiger partial charge on any atom is -0.0622 e. The van der Waals surface area contributed by atoms with Gasteiger partial charge in [-0.25, -0.2) is 0 Å². The van der Waals surface area contributed by atoms with Gasteiger partial charge in [0.1, 0.15) is 0 Å². The highest BCUT2D eigenvalue weighted by Gasteiger charge is 2.32. The van der Waals surface area contributed by atoms with Gasteiger partial charge < -0.3 is 0 Å². The second-order valence-electron chi connectivity index (χ2n) is 6.05. The Morgan fingerprint density at radius 3 is 1.95 bits per heavy atom. The van der Waals surface area contributed by atoms with Crippen LogP contribution in [0.15, 0.2) is 72.8 Å². The fraction of sp³-hybridized carbons (Fsp3) is 0.190. The van der Waals surface area contributed by atoms with Gasteiger partial charge in [0.15, 0.2) is 0 Å². The van der Waals surface area contributed by atoms with Crippen LogP contribution in [-0.2, 0) is 5.41 Å². The molecule has 0 N–H and O–H groups in total. The highest BCUT2D eigenvalue weighted by molar-refractivity contribution is 5.83. The lowest BCUT2D eigenvalue weighted by Crippen LogP contribution is -2.28. The maximum absolute atomic E-state index is 2.33. The molecule has 0 fully saturated rings. The zero-order chi connectivity index (χ0) is 14.9. The number of hydrogen-bond donors (Lipinski definition) is 0. The van der Waals surface area contributed by atoms with Gasteiger partial charge in [-0.05, 0) is 27.8 Å². The topological polar surface area (TPSA) is 0 Å². The summed E-state index contributed by atoms with van der Waals surface area (Å²) in [6, 6.07) is 26.2. The first-order chi connectivity index (χ1) is 10.1. The molecule has 0 nitrogen and oxygen atoms in total. The first kappa shape index (κ1) is 13.9. The fourth-order valence-corrected chi connectivity index (χ4v) is 3.02. The molecule has 0 aromatic heterocycles. The molecule has 0 heteroatoms. The predicted octanol–water partition coefficient (Wildman–Crippen LogP) is 5.76. The third-order valence-electron chi connectivity index (χ3n) is 4.68. The summed E-state index contributed by atoms with van der Waals surface area (Å²) >= 11 is 0. The lowest BCUT2D eigenvalue weighted by molar-refractivity contribution is 0.592. The molecule has 0 bridgehead atoms. The molecule has 0 aliphatic carbocycles. The molecule has 0 saturated carbocycles. The minimum absolute atomic E-state index is 0.0503. The molecular formula is C21H21. The van der Waals surface area contributed by atoms with Gasteiger partial charge in [0.2, 0.25) is 0 Å². The van der Waals surface area contributed by atoms with E-state index >= 15 is 0 Å². The molecule has 0 spiro atoms. The maximum Gasteiger partial charge on any atom is 0.0231 e.